The number of benzene rings is 9. The van der Waals surface area contributed by atoms with Gasteiger partial charge in [-0.05, 0) is 104 Å². The van der Waals surface area contributed by atoms with Crippen LogP contribution in [0.1, 0.15) is 0 Å². The van der Waals surface area contributed by atoms with Crippen LogP contribution in [0, 0.1) is 0 Å². The Balaban J connectivity index is 1.05. The lowest BCUT2D eigenvalue weighted by Gasteiger charge is -2.14. The third-order valence-electron chi connectivity index (χ3n) is 10.9. The van der Waals surface area contributed by atoms with Gasteiger partial charge in [-0.15, -0.1) is 0 Å². The Morgan fingerprint density at radius 2 is 0.692 bits per heavy atom. The minimum atomic E-state index is 1.16. The summed E-state index contributed by atoms with van der Waals surface area (Å²) >= 11 is 0. The predicted molar refractivity (Wildman–Crippen MR) is 221 cm³/mol. The average Bonchev–Trinajstić information content (AvgIpc) is 3.73. The molecular weight excluding hydrogens is 629 g/mol. The monoisotopic (exact) mass is 660 g/mol. The molecule has 242 valence electrons. The van der Waals surface area contributed by atoms with Crippen molar-refractivity contribution in [1.82, 2.24) is 9.13 Å². The van der Waals surface area contributed by atoms with Crippen molar-refractivity contribution >= 4 is 65.2 Å². The van der Waals surface area contributed by atoms with E-state index in [1.165, 1.54) is 87.4 Å². The zero-order valence-electron chi connectivity index (χ0n) is 28.4. The van der Waals surface area contributed by atoms with Gasteiger partial charge in [-0.2, -0.15) is 0 Å². The molecule has 0 N–H and O–H groups in total. The highest BCUT2D eigenvalue weighted by molar-refractivity contribution is 6.12. The summed E-state index contributed by atoms with van der Waals surface area (Å²) in [5.74, 6) is 0. The van der Waals surface area contributed by atoms with Crippen LogP contribution in [0.4, 0.5) is 0 Å². The molecule has 52 heavy (non-hydrogen) atoms. The first-order chi connectivity index (χ1) is 25.8. The summed E-state index contributed by atoms with van der Waals surface area (Å²) < 4.78 is 4.78. The first-order valence-electron chi connectivity index (χ1n) is 17.9. The van der Waals surface area contributed by atoms with Crippen LogP contribution in [-0.2, 0) is 0 Å². The highest BCUT2D eigenvalue weighted by Crippen LogP contribution is 2.39. The van der Waals surface area contributed by atoms with Gasteiger partial charge < -0.3 is 9.13 Å². The van der Waals surface area contributed by atoms with E-state index < -0.39 is 0 Å². The molecule has 0 atom stereocenters. The number of fused-ring (bicyclic) bond motifs is 8. The number of hydrogen-bond acceptors (Lipinski definition) is 0. The van der Waals surface area contributed by atoms with E-state index in [4.69, 9.17) is 0 Å². The Kier molecular flexibility index (Phi) is 6.28. The second kappa shape index (κ2) is 11.3. The van der Waals surface area contributed by atoms with Crippen molar-refractivity contribution in [2.24, 2.45) is 0 Å². The van der Waals surface area contributed by atoms with Gasteiger partial charge in [0.2, 0.25) is 0 Å². The quantitative estimate of drug-likeness (QED) is 0.166. The third kappa shape index (κ3) is 4.31. The minimum Gasteiger partial charge on any atom is -0.309 e. The molecule has 0 spiro atoms. The maximum atomic E-state index is 2.41. The molecule has 0 saturated heterocycles. The van der Waals surface area contributed by atoms with Gasteiger partial charge in [-0.1, -0.05) is 133 Å². The van der Waals surface area contributed by atoms with E-state index in [2.05, 4.69) is 203 Å². The van der Waals surface area contributed by atoms with E-state index in [0.29, 0.717) is 0 Å². The molecule has 11 rings (SSSR count). The van der Waals surface area contributed by atoms with E-state index in [9.17, 15) is 0 Å². The van der Waals surface area contributed by atoms with Crippen LogP contribution in [0.2, 0.25) is 0 Å². The van der Waals surface area contributed by atoms with Crippen LogP contribution in [0.15, 0.2) is 194 Å². The highest BCUT2D eigenvalue weighted by atomic mass is 15.0. The molecule has 2 aromatic heterocycles. The van der Waals surface area contributed by atoms with E-state index in [1.54, 1.807) is 0 Å². The molecular formula is C50H32N2. The molecule has 0 bridgehead atoms. The van der Waals surface area contributed by atoms with Crippen molar-refractivity contribution in [3.05, 3.63) is 194 Å². The van der Waals surface area contributed by atoms with Crippen LogP contribution < -0.4 is 0 Å². The predicted octanol–water partition coefficient (Wildman–Crippen LogP) is 13.5. The molecule has 0 aliphatic heterocycles. The summed E-state index contributed by atoms with van der Waals surface area (Å²) in [5, 5.41) is 10.1. The number of para-hydroxylation sites is 4. The van der Waals surface area contributed by atoms with E-state index >= 15 is 0 Å². The van der Waals surface area contributed by atoms with Gasteiger partial charge in [0, 0.05) is 32.9 Å². The maximum absolute atomic E-state index is 2.41. The van der Waals surface area contributed by atoms with Gasteiger partial charge in [0.1, 0.15) is 0 Å². The number of rotatable bonds is 4. The summed E-state index contributed by atoms with van der Waals surface area (Å²) in [5.41, 5.74) is 12.1. The second-order valence-electron chi connectivity index (χ2n) is 13.7. The molecule has 0 unspecified atom stereocenters. The fourth-order valence-electron chi connectivity index (χ4n) is 8.56. The Morgan fingerprint density at radius 3 is 1.21 bits per heavy atom. The van der Waals surface area contributed by atoms with Crippen molar-refractivity contribution in [2.75, 3.05) is 0 Å². The molecule has 0 saturated carbocycles. The highest BCUT2D eigenvalue weighted by Gasteiger charge is 2.15. The second-order valence-corrected chi connectivity index (χ2v) is 13.7. The summed E-state index contributed by atoms with van der Waals surface area (Å²) in [7, 11) is 0. The molecule has 0 radical (unpaired) electrons. The Hall–Kier alpha value is -6.90. The first-order valence-corrected chi connectivity index (χ1v) is 17.9. The average molecular weight is 661 g/mol. The number of nitrogens with zero attached hydrogens (tertiary/aromatic N) is 2. The van der Waals surface area contributed by atoms with Crippen LogP contribution in [0.5, 0.6) is 0 Å². The van der Waals surface area contributed by atoms with E-state index in [0.717, 1.165) is 11.4 Å². The van der Waals surface area contributed by atoms with Gasteiger partial charge in [0.15, 0.2) is 0 Å². The fraction of sp³-hybridized carbons (Fsp3) is 0. The van der Waals surface area contributed by atoms with Crippen molar-refractivity contribution in [3.8, 4) is 33.6 Å². The van der Waals surface area contributed by atoms with Gasteiger partial charge in [-0.25, -0.2) is 0 Å². The molecule has 11 aromatic rings. The van der Waals surface area contributed by atoms with Gasteiger partial charge in [-0.3, -0.25) is 0 Å². The molecule has 2 heterocycles. The molecule has 0 amide bonds. The number of hydrogen-bond donors (Lipinski definition) is 0. The summed E-state index contributed by atoms with van der Waals surface area (Å²) in [6, 6.07) is 71.0. The van der Waals surface area contributed by atoms with E-state index in [-0.39, 0.29) is 0 Å². The largest absolute Gasteiger partial charge is 0.309 e. The van der Waals surface area contributed by atoms with Crippen molar-refractivity contribution in [1.29, 1.82) is 0 Å². The standard InChI is InChI=1S/C50H32N2/c1-5-22-47-41(16-1)42-17-2-6-23-48(42)51(47)37-28-26-33(27-29-37)39-20-10-13-34-30-35-14-11-21-40(46(35)32-45(34)39)36-12-9-15-38(31-36)52-49-24-7-3-18-43(49)44-19-4-8-25-50(44)52/h1-32H. The van der Waals surface area contributed by atoms with Gasteiger partial charge in [0.25, 0.3) is 0 Å². The lowest BCUT2D eigenvalue weighted by molar-refractivity contribution is 1.18. The smallest absolute Gasteiger partial charge is 0.0541 e. The Labute approximate surface area is 301 Å². The molecule has 2 nitrogen and oxygen atoms in total. The lowest BCUT2D eigenvalue weighted by Crippen LogP contribution is -1.94. The van der Waals surface area contributed by atoms with Gasteiger partial charge >= 0.3 is 0 Å². The molecule has 0 fully saturated rings. The van der Waals surface area contributed by atoms with Gasteiger partial charge in [0.05, 0.1) is 22.1 Å². The van der Waals surface area contributed by atoms with Crippen LogP contribution >= 0.6 is 0 Å². The topological polar surface area (TPSA) is 9.86 Å². The zero-order chi connectivity index (χ0) is 34.2. The van der Waals surface area contributed by atoms with Crippen molar-refractivity contribution in [3.63, 3.8) is 0 Å². The SMILES string of the molecule is c1cc(-c2cccc3cc4cccc(-c5ccc(-n6c7ccccc7c7ccccc76)cc5)c4cc23)cc(-n2c3ccccc3c3ccccc32)c1. The van der Waals surface area contributed by atoms with Crippen LogP contribution in [0.3, 0.4) is 0 Å². The van der Waals surface area contributed by atoms with E-state index in [1.807, 2.05) is 0 Å². The summed E-state index contributed by atoms with van der Waals surface area (Å²) in [6.45, 7) is 0. The van der Waals surface area contributed by atoms with Crippen LogP contribution in [0.25, 0.3) is 98.8 Å². The van der Waals surface area contributed by atoms with Crippen LogP contribution in [-0.4, -0.2) is 9.13 Å². The third-order valence-corrected chi connectivity index (χ3v) is 10.9. The maximum Gasteiger partial charge on any atom is 0.0541 e. The first kappa shape index (κ1) is 28.9. The summed E-state index contributed by atoms with van der Waals surface area (Å²) in [4.78, 5) is 0. The Morgan fingerprint density at radius 1 is 0.250 bits per heavy atom. The van der Waals surface area contributed by atoms with Crippen molar-refractivity contribution in [2.45, 2.75) is 0 Å². The van der Waals surface area contributed by atoms with Crippen molar-refractivity contribution < 1.29 is 0 Å². The minimum absolute atomic E-state index is 1.16. The molecule has 9 aromatic carbocycles. The molecule has 0 aliphatic carbocycles. The molecule has 0 aliphatic rings. The summed E-state index contributed by atoms with van der Waals surface area (Å²) in [6.07, 6.45) is 0. The fourth-order valence-corrected chi connectivity index (χ4v) is 8.56. The normalized spacial score (nSPS) is 11.8. The Bertz CT molecular complexity index is 3070. The number of aromatic nitrogens is 2. The lowest BCUT2D eigenvalue weighted by atomic mass is 9.92. The zero-order valence-corrected chi connectivity index (χ0v) is 28.4. The molecule has 2 heteroatoms.